The Morgan fingerprint density at radius 2 is 1.69 bits per heavy atom. The Morgan fingerprint density at radius 1 is 1.19 bits per heavy atom. The quantitative estimate of drug-likeness (QED) is 0.847. The van der Waals surface area contributed by atoms with Crippen LogP contribution in [0.5, 0.6) is 5.75 Å². The first-order valence-corrected chi connectivity index (χ1v) is 4.09. The van der Waals surface area contributed by atoms with Crippen LogP contribution in [0.25, 0.3) is 0 Å². The van der Waals surface area contributed by atoms with Gasteiger partial charge in [-0.15, -0.1) is 25.6 Å². The van der Waals surface area contributed by atoms with Crippen molar-refractivity contribution in [3.05, 3.63) is 29.8 Å². The molecule has 2 N–H and O–H groups in total. The number of hydrogen-bond donors (Lipinski definition) is 1. The minimum absolute atomic E-state index is 0. The number of halogens is 5. The molecule has 1 aromatic rings. The molecule has 0 saturated heterocycles. The molecule has 0 spiro atoms. The molecule has 0 fully saturated rings. The van der Waals surface area contributed by atoms with Crippen LogP contribution >= 0.6 is 12.4 Å². The SMILES string of the molecule is Cl.N[C@H](CF)c1ccc(OC(F)(F)F)cc1. The van der Waals surface area contributed by atoms with E-state index in [1.807, 2.05) is 0 Å². The van der Waals surface area contributed by atoms with Crippen LogP contribution in [-0.2, 0) is 0 Å². The monoisotopic (exact) mass is 259 g/mol. The van der Waals surface area contributed by atoms with Gasteiger partial charge in [-0.2, -0.15) is 0 Å². The Kier molecular flexibility index (Phi) is 5.53. The van der Waals surface area contributed by atoms with E-state index in [0.29, 0.717) is 5.56 Å². The summed E-state index contributed by atoms with van der Waals surface area (Å²) in [7, 11) is 0. The molecule has 0 saturated carbocycles. The van der Waals surface area contributed by atoms with Gasteiger partial charge in [0.2, 0.25) is 0 Å². The average molecular weight is 260 g/mol. The first kappa shape index (κ1) is 15.0. The third-order valence-corrected chi connectivity index (χ3v) is 1.71. The Labute approximate surface area is 95.8 Å². The van der Waals surface area contributed by atoms with Crippen molar-refractivity contribution in [1.82, 2.24) is 0 Å². The first-order chi connectivity index (χ1) is 6.92. The van der Waals surface area contributed by atoms with Crippen LogP contribution in [0.1, 0.15) is 11.6 Å². The van der Waals surface area contributed by atoms with Gasteiger partial charge in [0.05, 0.1) is 6.04 Å². The van der Waals surface area contributed by atoms with Gasteiger partial charge in [0, 0.05) is 0 Å². The second-order valence-electron chi connectivity index (χ2n) is 2.88. The zero-order chi connectivity index (χ0) is 11.5. The maximum absolute atomic E-state index is 12.1. The zero-order valence-corrected chi connectivity index (χ0v) is 8.82. The van der Waals surface area contributed by atoms with Gasteiger partial charge in [0.1, 0.15) is 12.4 Å². The normalized spacial score (nSPS) is 12.8. The van der Waals surface area contributed by atoms with Gasteiger partial charge in [0.15, 0.2) is 0 Å². The number of rotatable bonds is 3. The molecule has 2 nitrogen and oxygen atoms in total. The summed E-state index contributed by atoms with van der Waals surface area (Å²) in [4.78, 5) is 0. The van der Waals surface area contributed by atoms with Crippen molar-refractivity contribution in [2.75, 3.05) is 6.67 Å². The van der Waals surface area contributed by atoms with Crippen LogP contribution in [0.3, 0.4) is 0 Å². The van der Waals surface area contributed by atoms with Crippen molar-refractivity contribution in [3.8, 4) is 5.75 Å². The van der Waals surface area contributed by atoms with Crippen LogP contribution in [0.4, 0.5) is 17.6 Å². The van der Waals surface area contributed by atoms with Gasteiger partial charge >= 0.3 is 6.36 Å². The maximum atomic E-state index is 12.1. The van der Waals surface area contributed by atoms with Crippen LogP contribution in [0.15, 0.2) is 24.3 Å². The molecule has 0 aliphatic heterocycles. The highest BCUT2D eigenvalue weighted by Crippen LogP contribution is 2.23. The van der Waals surface area contributed by atoms with E-state index in [0.717, 1.165) is 12.1 Å². The number of nitrogens with two attached hydrogens (primary N) is 1. The van der Waals surface area contributed by atoms with Crippen molar-refractivity contribution in [3.63, 3.8) is 0 Å². The molecule has 16 heavy (non-hydrogen) atoms. The summed E-state index contributed by atoms with van der Waals surface area (Å²) >= 11 is 0. The number of benzene rings is 1. The minimum atomic E-state index is -4.72. The molecule has 1 rings (SSSR count). The Balaban J connectivity index is 0.00000225. The molecule has 1 aromatic carbocycles. The highest BCUT2D eigenvalue weighted by Gasteiger charge is 2.30. The van der Waals surface area contributed by atoms with E-state index in [-0.39, 0.29) is 18.2 Å². The Hall–Kier alpha value is -1.01. The van der Waals surface area contributed by atoms with E-state index in [2.05, 4.69) is 4.74 Å². The van der Waals surface area contributed by atoms with Crippen molar-refractivity contribution in [2.45, 2.75) is 12.4 Å². The summed E-state index contributed by atoms with van der Waals surface area (Å²) in [6.07, 6.45) is -4.72. The summed E-state index contributed by atoms with van der Waals surface area (Å²) in [5.41, 5.74) is 5.76. The second-order valence-corrected chi connectivity index (χ2v) is 2.88. The van der Waals surface area contributed by atoms with Gasteiger partial charge in [0.25, 0.3) is 0 Å². The molecule has 1 atom stereocenters. The lowest BCUT2D eigenvalue weighted by molar-refractivity contribution is -0.274. The zero-order valence-electron chi connectivity index (χ0n) is 8.00. The third-order valence-electron chi connectivity index (χ3n) is 1.71. The number of ether oxygens (including phenoxy) is 1. The minimum Gasteiger partial charge on any atom is -0.406 e. The van der Waals surface area contributed by atoms with Gasteiger partial charge in [-0.1, -0.05) is 12.1 Å². The molecule has 0 radical (unpaired) electrons. The molecule has 0 amide bonds. The molecule has 7 heteroatoms. The summed E-state index contributed by atoms with van der Waals surface area (Å²) < 4.78 is 51.0. The summed E-state index contributed by atoms with van der Waals surface area (Å²) in [5, 5.41) is 0. The van der Waals surface area contributed by atoms with E-state index in [1.54, 1.807) is 0 Å². The van der Waals surface area contributed by atoms with Gasteiger partial charge in [-0.25, -0.2) is 4.39 Å². The van der Waals surface area contributed by atoms with E-state index in [4.69, 9.17) is 5.73 Å². The fraction of sp³-hybridized carbons (Fsp3) is 0.333. The van der Waals surface area contributed by atoms with Crippen LogP contribution in [-0.4, -0.2) is 13.0 Å². The predicted octanol–water partition coefficient (Wildman–Crippen LogP) is 2.98. The fourth-order valence-corrected chi connectivity index (χ4v) is 1.01. The maximum Gasteiger partial charge on any atom is 0.573 e. The molecule has 0 aromatic heterocycles. The van der Waals surface area contributed by atoms with Crippen molar-refractivity contribution in [2.24, 2.45) is 5.73 Å². The fourth-order valence-electron chi connectivity index (χ4n) is 1.01. The molecule has 0 bridgehead atoms. The lowest BCUT2D eigenvalue weighted by Crippen LogP contribution is -2.17. The molecule has 0 aliphatic rings. The van der Waals surface area contributed by atoms with Crippen LogP contribution in [0, 0.1) is 0 Å². The topological polar surface area (TPSA) is 35.2 Å². The lowest BCUT2D eigenvalue weighted by atomic mass is 10.1. The molecule has 92 valence electrons. The van der Waals surface area contributed by atoms with Crippen molar-refractivity contribution in [1.29, 1.82) is 0 Å². The first-order valence-electron chi connectivity index (χ1n) is 4.09. The number of alkyl halides is 4. The number of hydrogen-bond acceptors (Lipinski definition) is 2. The van der Waals surface area contributed by atoms with E-state index in [1.165, 1.54) is 12.1 Å². The highest BCUT2D eigenvalue weighted by molar-refractivity contribution is 5.85. The van der Waals surface area contributed by atoms with E-state index in [9.17, 15) is 17.6 Å². The molecular weight excluding hydrogens is 250 g/mol. The lowest BCUT2D eigenvalue weighted by Gasteiger charge is -2.10. The Bertz CT molecular complexity index is 314. The smallest absolute Gasteiger partial charge is 0.406 e. The molecule has 0 aliphatic carbocycles. The largest absolute Gasteiger partial charge is 0.573 e. The van der Waals surface area contributed by atoms with Crippen LogP contribution in [0.2, 0.25) is 0 Å². The van der Waals surface area contributed by atoms with E-state index >= 15 is 0 Å². The van der Waals surface area contributed by atoms with Crippen LogP contribution < -0.4 is 10.5 Å². The van der Waals surface area contributed by atoms with Crippen molar-refractivity contribution < 1.29 is 22.3 Å². The van der Waals surface area contributed by atoms with Gasteiger partial charge < -0.3 is 10.5 Å². The predicted molar refractivity (Wildman–Crippen MR) is 53.3 cm³/mol. The summed E-state index contributed by atoms with van der Waals surface area (Å²) in [6, 6.07) is 3.97. The summed E-state index contributed by atoms with van der Waals surface area (Å²) in [5.74, 6) is -0.350. The van der Waals surface area contributed by atoms with Gasteiger partial charge in [-0.05, 0) is 17.7 Å². The molecular formula is C9H10ClF4NO. The van der Waals surface area contributed by atoms with Crippen molar-refractivity contribution >= 4 is 12.4 Å². The Morgan fingerprint density at radius 3 is 2.06 bits per heavy atom. The highest BCUT2D eigenvalue weighted by atomic mass is 35.5. The summed E-state index contributed by atoms with van der Waals surface area (Å²) in [6.45, 7) is -0.764. The molecule has 0 unspecified atom stereocenters. The van der Waals surface area contributed by atoms with E-state index < -0.39 is 19.1 Å². The standard InChI is InChI=1S/C9H9F4NO.ClH/c10-5-8(14)6-1-3-7(4-2-6)15-9(11,12)13;/h1-4,8H,5,14H2;1H/t8-;/m1./s1. The third kappa shape index (κ3) is 4.67. The second kappa shape index (κ2) is 5.91. The average Bonchev–Trinajstić information content (AvgIpc) is 2.15. The molecule has 0 heterocycles. The van der Waals surface area contributed by atoms with Gasteiger partial charge in [-0.3, -0.25) is 0 Å².